The molecular formula is C22H22N2O6. The fourth-order valence-corrected chi connectivity index (χ4v) is 3.04. The third-order valence-corrected chi connectivity index (χ3v) is 4.77. The van der Waals surface area contributed by atoms with Crippen LogP contribution >= 0.6 is 0 Å². The SMILES string of the molecule is COc1ccc(C(=O)N[C@H](C(=O)OCN2C(=O)c3ccccc3C2=O)C(C)C)cc1. The lowest BCUT2D eigenvalue weighted by atomic mass is 10.0. The van der Waals surface area contributed by atoms with Crippen molar-refractivity contribution in [2.45, 2.75) is 19.9 Å². The molecule has 0 bridgehead atoms. The lowest BCUT2D eigenvalue weighted by molar-refractivity contribution is -0.149. The third kappa shape index (κ3) is 4.17. The predicted octanol–water partition coefficient (Wildman–Crippen LogP) is 2.25. The van der Waals surface area contributed by atoms with Crippen LogP contribution in [0, 0.1) is 5.92 Å². The molecule has 0 spiro atoms. The molecule has 30 heavy (non-hydrogen) atoms. The second kappa shape index (κ2) is 8.77. The summed E-state index contributed by atoms with van der Waals surface area (Å²) in [7, 11) is 1.52. The number of methoxy groups -OCH3 is 1. The highest BCUT2D eigenvalue weighted by Crippen LogP contribution is 2.22. The number of hydrogen-bond donors (Lipinski definition) is 1. The van der Waals surface area contributed by atoms with Gasteiger partial charge in [0.15, 0.2) is 6.73 Å². The topological polar surface area (TPSA) is 102 Å². The van der Waals surface area contributed by atoms with Crippen molar-refractivity contribution in [3.8, 4) is 5.75 Å². The van der Waals surface area contributed by atoms with Crippen LogP contribution in [0.4, 0.5) is 0 Å². The first kappa shape index (κ1) is 21.0. The third-order valence-electron chi connectivity index (χ3n) is 4.77. The Morgan fingerprint density at radius 3 is 2.03 bits per heavy atom. The number of imide groups is 1. The van der Waals surface area contributed by atoms with Gasteiger partial charge in [0.05, 0.1) is 18.2 Å². The van der Waals surface area contributed by atoms with Crippen molar-refractivity contribution in [3.05, 3.63) is 65.2 Å². The van der Waals surface area contributed by atoms with Crippen molar-refractivity contribution >= 4 is 23.7 Å². The summed E-state index contributed by atoms with van der Waals surface area (Å²) in [5, 5.41) is 2.64. The molecular weight excluding hydrogens is 388 g/mol. The molecule has 156 valence electrons. The molecule has 8 heteroatoms. The smallest absolute Gasteiger partial charge is 0.330 e. The highest BCUT2D eigenvalue weighted by atomic mass is 16.5. The number of esters is 1. The summed E-state index contributed by atoms with van der Waals surface area (Å²) >= 11 is 0. The molecule has 1 aliphatic rings. The maximum Gasteiger partial charge on any atom is 0.330 e. The van der Waals surface area contributed by atoms with Gasteiger partial charge in [-0.3, -0.25) is 14.4 Å². The number of ether oxygens (including phenoxy) is 2. The molecule has 0 saturated carbocycles. The molecule has 0 radical (unpaired) electrons. The molecule has 2 aromatic rings. The van der Waals surface area contributed by atoms with E-state index in [1.165, 1.54) is 7.11 Å². The van der Waals surface area contributed by atoms with E-state index in [0.717, 1.165) is 4.90 Å². The summed E-state index contributed by atoms with van der Waals surface area (Å²) in [6.45, 7) is 2.98. The number of carbonyl (C=O) groups is 4. The number of rotatable bonds is 7. The summed E-state index contributed by atoms with van der Waals surface area (Å²) in [6.07, 6.45) is 0. The number of fused-ring (bicyclic) bond motifs is 1. The Morgan fingerprint density at radius 1 is 0.967 bits per heavy atom. The monoisotopic (exact) mass is 410 g/mol. The van der Waals surface area contributed by atoms with E-state index in [4.69, 9.17) is 9.47 Å². The molecule has 3 rings (SSSR count). The highest BCUT2D eigenvalue weighted by Gasteiger charge is 2.36. The Hall–Kier alpha value is -3.68. The van der Waals surface area contributed by atoms with Crippen LogP contribution in [-0.2, 0) is 9.53 Å². The Balaban J connectivity index is 1.64. The van der Waals surface area contributed by atoms with Gasteiger partial charge in [-0.05, 0) is 42.3 Å². The van der Waals surface area contributed by atoms with E-state index in [-0.39, 0.29) is 17.0 Å². The van der Waals surface area contributed by atoms with Crippen LogP contribution in [-0.4, -0.2) is 48.5 Å². The Morgan fingerprint density at radius 2 is 1.53 bits per heavy atom. The zero-order valence-corrected chi connectivity index (χ0v) is 16.9. The van der Waals surface area contributed by atoms with Crippen LogP contribution < -0.4 is 10.1 Å². The summed E-state index contributed by atoms with van der Waals surface area (Å²) in [5.74, 6) is -1.90. The molecule has 1 atom stereocenters. The van der Waals surface area contributed by atoms with Gasteiger partial charge in [-0.1, -0.05) is 26.0 Å². The molecule has 1 N–H and O–H groups in total. The second-order valence-corrected chi connectivity index (χ2v) is 7.10. The minimum atomic E-state index is -0.949. The predicted molar refractivity (Wildman–Crippen MR) is 107 cm³/mol. The van der Waals surface area contributed by atoms with Crippen molar-refractivity contribution in [1.82, 2.24) is 10.2 Å². The Kier molecular flexibility index (Phi) is 6.15. The lowest BCUT2D eigenvalue weighted by Gasteiger charge is -2.22. The zero-order valence-electron chi connectivity index (χ0n) is 16.9. The number of nitrogens with zero attached hydrogens (tertiary/aromatic N) is 1. The van der Waals surface area contributed by atoms with Crippen molar-refractivity contribution in [1.29, 1.82) is 0 Å². The average Bonchev–Trinajstić information content (AvgIpc) is 3.00. The maximum absolute atomic E-state index is 12.6. The van der Waals surface area contributed by atoms with Crippen LogP contribution in [0.1, 0.15) is 44.9 Å². The maximum atomic E-state index is 12.6. The van der Waals surface area contributed by atoms with Crippen molar-refractivity contribution in [3.63, 3.8) is 0 Å². The fourth-order valence-electron chi connectivity index (χ4n) is 3.04. The normalized spacial score (nSPS) is 13.8. The van der Waals surface area contributed by atoms with Gasteiger partial charge < -0.3 is 14.8 Å². The summed E-state index contributed by atoms with van der Waals surface area (Å²) in [6, 6.07) is 11.9. The minimum Gasteiger partial charge on any atom is -0.497 e. The molecule has 0 aliphatic carbocycles. The van der Waals surface area contributed by atoms with Gasteiger partial charge in [-0.25, -0.2) is 9.69 Å². The second-order valence-electron chi connectivity index (χ2n) is 7.10. The molecule has 0 unspecified atom stereocenters. The zero-order chi connectivity index (χ0) is 21.8. The Bertz CT molecular complexity index is 948. The van der Waals surface area contributed by atoms with E-state index in [2.05, 4.69) is 5.32 Å². The van der Waals surface area contributed by atoms with Crippen LogP contribution in [0.25, 0.3) is 0 Å². The number of hydrogen-bond acceptors (Lipinski definition) is 6. The number of amides is 3. The highest BCUT2D eigenvalue weighted by molar-refractivity contribution is 6.21. The van der Waals surface area contributed by atoms with Gasteiger partial charge in [-0.15, -0.1) is 0 Å². The molecule has 2 aromatic carbocycles. The summed E-state index contributed by atoms with van der Waals surface area (Å²) in [4.78, 5) is 50.7. The van der Waals surface area contributed by atoms with E-state index in [9.17, 15) is 19.2 Å². The van der Waals surface area contributed by atoms with Gasteiger partial charge in [0.25, 0.3) is 17.7 Å². The standard InChI is InChI=1S/C22H22N2O6/c1-13(2)18(23-19(25)14-8-10-15(29-3)11-9-14)22(28)30-12-24-20(26)16-6-4-5-7-17(16)21(24)27/h4-11,13,18H,12H2,1-3H3,(H,23,25)/t18-/m0/s1. The van der Waals surface area contributed by atoms with Gasteiger partial charge >= 0.3 is 5.97 Å². The first-order valence-electron chi connectivity index (χ1n) is 9.40. The van der Waals surface area contributed by atoms with E-state index >= 15 is 0 Å². The molecule has 0 fully saturated rings. The van der Waals surface area contributed by atoms with E-state index in [0.29, 0.717) is 11.3 Å². The van der Waals surface area contributed by atoms with E-state index in [1.807, 2.05) is 0 Å². The molecule has 1 heterocycles. The molecule has 0 saturated heterocycles. The average molecular weight is 410 g/mol. The van der Waals surface area contributed by atoms with Gasteiger partial charge in [0.2, 0.25) is 0 Å². The van der Waals surface area contributed by atoms with Crippen molar-refractivity contribution < 1.29 is 28.7 Å². The Labute approximate surface area is 173 Å². The molecule has 8 nitrogen and oxygen atoms in total. The van der Waals surface area contributed by atoms with Gasteiger partial charge in [0, 0.05) is 5.56 Å². The van der Waals surface area contributed by atoms with Gasteiger partial charge in [0.1, 0.15) is 11.8 Å². The number of carbonyl (C=O) groups excluding carboxylic acids is 4. The first-order valence-corrected chi connectivity index (χ1v) is 9.40. The van der Waals surface area contributed by atoms with E-state index < -0.39 is 36.5 Å². The lowest BCUT2D eigenvalue weighted by Crippen LogP contribution is -2.46. The number of nitrogens with one attached hydrogen (secondary N) is 1. The summed E-state index contributed by atoms with van der Waals surface area (Å²) < 4.78 is 10.3. The van der Waals surface area contributed by atoms with Crippen molar-refractivity contribution in [2.75, 3.05) is 13.8 Å². The quantitative estimate of drug-likeness (QED) is 0.555. The van der Waals surface area contributed by atoms with Crippen molar-refractivity contribution in [2.24, 2.45) is 5.92 Å². The van der Waals surface area contributed by atoms with Crippen LogP contribution in [0.3, 0.4) is 0 Å². The van der Waals surface area contributed by atoms with Gasteiger partial charge in [-0.2, -0.15) is 0 Å². The van der Waals surface area contributed by atoms with Crippen LogP contribution in [0.15, 0.2) is 48.5 Å². The molecule has 0 aromatic heterocycles. The summed E-state index contributed by atoms with van der Waals surface area (Å²) in [5.41, 5.74) is 0.896. The fraction of sp³-hybridized carbons (Fsp3) is 0.273. The molecule has 1 aliphatic heterocycles. The van der Waals surface area contributed by atoms with Crippen LogP contribution in [0.2, 0.25) is 0 Å². The first-order chi connectivity index (χ1) is 14.3. The largest absolute Gasteiger partial charge is 0.497 e. The minimum absolute atomic E-state index is 0.270. The van der Waals surface area contributed by atoms with Crippen LogP contribution in [0.5, 0.6) is 5.75 Å². The molecule has 3 amide bonds. The number of benzene rings is 2. The van der Waals surface area contributed by atoms with E-state index in [1.54, 1.807) is 62.4 Å².